The summed E-state index contributed by atoms with van der Waals surface area (Å²) in [4.78, 5) is 12.6. The van der Waals surface area contributed by atoms with Gasteiger partial charge >= 0.3 is 0 Å². The first-order valence-corrected chi connectivity index (χ1v) is 20.3. The summed E-state index contributed by atoms with van der Waals surface area (Å²) in [7, 11) is 0. The van der Waals surface area contributed by atoms with Gasteiger partial charge in [-0.2, -0.15) is 0 Å². The van der Waals surface area contributed by atoms with Crippen molar-refractivity contribution >= 4 is 27.8 Å². The number of aryl methyl sites for hydroxylation is 2. The Hall–Kier alpha value is -6.32. The number of aromatic nitrogens is 2. The van der Waals surface area contributed by atoms with E-state index >= 15 is 0 Å². The molecule has 0 amide bonds. The van der Waals surface area contributed by atoms with E-state index in [-0.39, 0.29) is 0 Å². The maximum atomic E-state index is 5.06. The number of benzene rings is 6. The summed E-state index contributed by atoms with van der Waals surface area (Å²) in [5, 5.41) is 2.41. The Kier molecular flexibility index (Phi) is 10.8. The Morgan fingerprint density at radius 2 is 0.912 bits per heavy atom. The van der Waals surface area contributed by atoms with Gasteiger partial charge in [-0.25, -0.2) is 0 Å². The molecule has 0 spiro atoms. The molecule has 0 saturated heterocycles. The first kappa shape index (κ1) is 37.6. The number of pyridine rings is 2. The lowest BCUT2D eigenvalue weighted by Gasteiger charge is -2.29. The predicted molar refractivity (Wildman–Crippen MR) is 243 cm³/mol. The quantitative estimate of drug-likeness (QED) is 0.132. The Bertz CT molecular complexity index is 2510. The Morgan fingerprint density at radius 1 is 0.456 bits per heavy atom. The zero-order valence-corrected chi connectivity index (χ0v) is 34.0. The summed E-state index contributed by atoms with van der Waals surface area (Å²) < 4.78 is 0. The van der Waals surface area contributed by atoms with Gasteiger partial charge in [0.15, 0.2) is 0 Å². The second kappa shape index (κ2) is 16.4. The molecule has 0 aliphatic heterocycles. The zero-order chi connectivity index (χ0) is 39.5. The normalized spacial score (nSPS) is 11.4. The van der Waals surface area contributed by atoms with Gasteiger partial charge in [-0.1, -0.05) is 125 Å². The van der Waals surface area contributed by atoms with E-state index in [1.54, 1.807) is 0 Å². The Balaban J connectivity index is 1.37. The van der Waals surface area contributed by atoms with Gasteiger partial charge in [-0.15, -0.1) is 0 Å². The standard InChI is InChI=1S/C54H51N3/c1-36(2)24-40-26-45(52-32-50(38(5)34-55-52)43-16-9-7-10-17-43)30-47(28-40)57(54-23-15-21-42-20-13-14-22-49(42)54)48-29-41(25-37(3)4)27-46(31-48)53-33-51(39(6)35-56-53)44-18-11-8-12-19-44/h7-23,26-37H,24-25H2,1-6H3. The van der Waals surface area contributed by atoms with Crippen LogP contribution < -0.4 is 4.90 Å². The van der Waals surface area contributed by atoms with E-state index in [0.29, 0.717) is 11.8 Å². The molecule has 6 aromatic carbocycles. The van der Waals surface area contributed by atoms with Crippen molar-refractivity contribution in [1.82, 2.24) is 9.97 Å². The topological polar surface area (TPSA) is 29.0 Å². The summed E-state index contributed by atoms with van der Waals surface area (Å²) in [5.74, 6) is 0.967. The lowest BCUT2D eigenvalue weighted by atomic mass is 9.94. The predicted octanol–water partition coefficient (Wildman–Crippen LogP) is 14.8. The van der Waals surface area contributed by atoms with Gasteiger partial charge in [0.25, 0.3) is 0 Å². The molecule has 282 valence electrons. The molecule has 57 heavy (non-hydrogen) atoms. The van der Waals surface area contributed by atoms with E-state index in [0.717, 1.165) is 63.5 Å². The van der Waals surface area contributed by atoms with Crippen LogP contribution in [0.3, 0.4) is 0 Å². The molecule has 0 aliphatic carbocycles. The third kappa shape index (κ3) is 8.30. The minimum Gasteiger partial charge on any atom is -0.310 e. The highest BCUT2D eigenvalue weighted by molar-refractivity contribution is 5.99. The largest absolute Gasteiger partial charge is 0.310 e. The molecule has 0 atom stereocenters. The van der Waals surface area contributed by atoms with Crippen molar-refractivity contribution in [2.75, 3.05) is 4.90 Å². The molecule has 8 rings (SSSR count). The lowest BCUT2D eigenvalue weighted by molar-refractivity contribution is 0.647. The molecule has 0 unspecified atom stereocenters. The molecule has 2 heterocycles. The van der Waals surface area contributed by atoms with E-state index in [2.05, 4.69) is 198 Å². The van der Waals surface area contributed by atoms with Crippen LogP contribution in [0.5, 0.6) is 0 Å². The summed E-state index contributed by atoms with van der Waals surface area (Å²) in [6.07, 6.45) is 5.95. The van der Waals surface area contributed by atoms with Gasteiger partial charge in [0, 0.05) is 40.3 Å². The second-order valence-corrected chi connectivity index (χ2v) is 16.3. The maximum absolute atomic E-state index is 5.06. The minimum absolute atomic E-state index is 0.484. The first-order chi connectivity index (χ1) is 27.7. The number of fused-ring (bicyclic) bond motifs is 1. The van der Waals surface area contributed by atoms with Gasteiger partial charge in [0.1, 0.15) is 0 Å². The molecule has 0 saturated carbocycles. The number of rotatable bonds is 11. The van der Waals surface area contributed by atoms with E-state index in [1.165, 1.54) is 44.2 Å². The van der Waals surface area contributed by atoms with Crippen molar-refractivity contribution in [2.24, 2.45) is 11.8 Å². The molecule has 0 radical (unpaired) electrons. The first-order valence-electron chi connectivity index (χ1n) is 20.3. The van der Waals surface area contributed by atoms with Crippen LogP contribution in [0.25, 0.3) is 55.5 Å². The third-order valence-electron chi connectivity index (χ3n) is 10.7. The van der Waals surface area contributed by atoms with Crippen LogP contribution in [0.1, 0.15) is 49.9 Å². The fraction of sp³-hybridized carbons (Fsp3) is 0.185. The molecular weight excluding hydrogens is 691 g/mol. The van der Waals surface area contributed by atoms with Gasteiger partial charge in [0.05, 0.1) is 17.1 Å². The fourth-order valence-electron chi connectivity index (χ4n) is 8.13. The summed E-state index contributed by atoms with van der Waals surface area (Å²) in [6, 6.07) is 55.4. The lowest BCUT2D eigenvalue weighted by Crippen LogP contribution is -2.12. The number of nitrogens with zero attached hydrogens (tertiary/aromatic N) is 3. The molecule has 0 fully saturated rings. The Morgan fingerprint density at radius 3 is 1.40 bits per heavy atom. The van der Waals surface area contributed by atoms with Crippen LogP contribution >= 0.6 is 0 Å². The molecular formula is C54H51N3. The van der Waals surface area contributed by atoms with Crippen molar-refractivity contribution in [1.29, 1.82) is 0 Å². The maximum Gasteiger partial charge on any atom is 0.0709 e. The number of hydrogen-bond acceptors (Lipinski definition) is 3. The number of anilines is 3. The van der Waals surface area contributed by atoms with Crippen LogP contribution in [-0.4, -0.2) is 9.97 Å². The molecule has 2 aromatic heterocycles. The van der Waals surface area contributed by atoms with Crippen LogP contribution in [0.15, 0.2) is 164 Å². The van der Waals surface area contributed by atoms with Gasteiger partial charge < -0.3 is 4.90 Å². The van der Waals surface area contributed by atoms with Crippen molar-refractivity contribution < 1.29 is 0 Å². The van der Waals surface area contributed by atoms with Crippen LogP contribution in [-0.2, 0) is 12.8 Å². The molecule has 0 aliphatic rings. The van der Waals surface area contributed by atoms with Crippen molar-refractivity contribution in [3.8, 4) is 44.8 Å². The van der Waals surface area contributed by atoms with Crippen LogP contribution in [0, 0.1) is 25.7 Å². The smallest absolute Gasteiger partial charge is 0.0709 e. The summed E-state index contributed by atoms with van der Waals surface area (Å²) >= 11 is 0. The van der Waals surface area contributed by atoms with E-state index in [4.69, 9.17) is 9.97 Å². The highest BCUT2D eigenvalue weighted by Gasteiger charge is 2.21. The van der Waals surface area contributed by atoms with E-state index in [9.17, 15) is 0 Å². The summed E-state index contributed by atoms with van der Waals surface area (Å²) in [6.45, 7) is 13.5. The van der Waals surface area contributed by atoms with Crippen molar-refractivity contribution in [3.05, 3.63) is 186 Å². The highest BCUT2D eigenvalue weighted by Crippen LogP contribution is 2.43. The van der Waals surface area contributed by atoms with Gasteiger partial charge in [-0.05, 0) is 143 Å². The number of hydrogen-bond donors (Lipinski definition) is 0. The minimum atomic E-state index is 0.484. The molecule has 3 heteroatoms. The second-order valence-electron chi connectivity index (χ2n) is 16.3. The molecule has 8 aromatic rings. The van der Waals surface area contributed by atoms with Gasteiger partial charge in [-0.3, -0.25) is 9.97 Å². The summed E-state index contributed by atoms with van der Waals surface area (Å²) in [5.41, 5.74) is 17.2. The van der Waals surface area contributed by atoms with Crippen LogP contribution in [0.4, 0.5) is 17.1 Å². The van der Waals surface area contributed by atoms with Crippen molar-refractivity contribution in [3.63, 3.8) is 0 Å². The SMILES string of the molecule is Cc1cnc(-c2cc(CC(C)C)cc(N(c3cc(CC(C)C)cc(-c4cc(-c5ccccc5)c(C)cn4)c3)c3cccc4ccccc34)c2)cc1-c1ccccc1. The molecule has 0 N–H and O–H groups in total. The molecule has 3 nitrogen and oxygen atoms in total. The average molecular weight is 742 g/mol. The van der Waals surface area contributed by atoms with Crippen molar-refractivity contribution in [2.45, 2.75) is 54.4 Å². The fourth-order valence-corrected chi connectivity index (χ4v) is 8.13. The monoisotopic (exact) mass is 741 g/mol. The van der Waals surface area contributed by atoms with Gasteiger partial charge in [0.2, 0.25) is 0 Å². The average Bonchev–Trinajstić information content (AvgIpc) is 3.21. The molecule has 0 bridgehead atoms. The van der Waals surface area contributed by atoms with E-state index < -0.39 is 0 Å². The van der Waals surface area contributed by atoms with E-state index in [1.807, 2.05) is 12.4 Å². The third-order valence-corrected chi connectivity index (χ3v) is 10.7. The Labute approximate surface area is 338 Å². The zero-order valence-electron chi connectivity index (χ0n) is 34.0. The van der Waals surface area contributed by atoms with Crippen LogP contribution in [0.2, 0.25) is 0 Å². The highest BCUT2D eigenvalue weighted by atomic mass is 15.1.